The molecule has 0 aliphatic carbocycles. The van der Waals surface area contributed by atoms with Crippen molar-refractivity contribution < 1.29 is 5.11 Å². The van der Waals surface area contributed by atoms with E-state index in [2.05, 4.69) is 14.8 Å². The van der Waals surface area contributed by atoms with Crippen molar-refractivity contribution in [2.45, 2.75) is 32.2 Å². The molecule has 0 amide bonds. The molecule has 0 aromatic carbocycles. The Morgan fingerprint density at radius 2 is 2.33 bits per heavy atom. The van der Waals surface area contributed by atoms with Gasteiger partial charge in [0.2, 0.25) is 0 Å². The quantitative estimate of drug-likeness (QED) is 0.697. The molecule has 0 fully saturated rings. The van der Waals surface area contributed by atoms with Crippen molar-refractivity contribution in [3.8, 4) is 0 Å². The molecule has 66 valence electrons. The van der Waals surface area contributed by atoms with Crippen LogP contribution in [0.25, 0.3) is 0 Å². The van der Waals surface area contributed by atoms with Crippen LogP contribution >= 0.6 is 0 Å². The largest absolute Gasteiger partial charge is 0.396 e. The van der Waals surface area contributed by atoms with Gasteiger partial charge in [-0.1, -0.05) is 0 Å². The molecule has 0 saturated heterocycles. The minimum absolute atomic E-state index is 0.238. The number of hydrogen-bond donors (Lipinski definition) is 1. The van der Waals surface area contributed by atoms with Gasteiger partial charge in [-0.05, 0) is 12.8 Å². The van der Waals surface area contributed by atoms with Crippen LogP contribution in [0.4, 0.5) is 0 Å². The van der Waals surface area contributed by atoms with Gasteiger partial charge in [0.25, 0.3) is 0 Å². The zero-order valence-electron chi connectivity index (χ0n) is 7.03. The molecule has 1 N–H and O–H groups in total. The lowest BCUT2D eigenvalue weighted by Crippen LogP contribution is -2.01. The molecule has 0 unspecified atom stereocenters. The van der Waals surface area contributed by atoms with Crippen LogP contribution in [-0.2, 0) is 19.4 Å². The molecule has 2 heterocycles. The van der Waals surface area contributed by atoms with Crippen LogP contribution in [0.3, 0.4) is 0 Å². The van der Waals surface area contributed by atoms with E-state index in [1.807, 2.05) is 0 Å². The van der Waals surface area contributed by atoms with Crippen LogP contribution in [0.1, 0.15) is 24.5 Å². The van der Waals surface area contributed by atoms with Crippen LogP contribution in [0.5, 0.6) is 0 Å². The third-order valence-electron chi connectivity index (χ3n) is 2.24. The van der Waals surface area contributed by atoms with Crippen molar-refractivity contribution in [1.82, 2.24) is 14.8 Å². The van der Waals surface area contributed by atoms with Crippen LogP contribution in [0.2, 0.25) is 0 Å². The second kappa shape index (κ2) is 3.23. The summed E-state index contributed by atoms with van der Waals surface area (Å²) in [4.78, 5) is 0. The van der Waals surface area contributed by atoms with E-state index in [1.165, 1.54) is 6.42 Å². The van der Waals surface area contributed by atoms with E-state index in [0.717, 1.165) is 37.5 Å². The number of aryl methyl sites for hydroxylation is 2. The first-order valence-electron chi connectivity index (χ1n) is 4.43. The van der Waals surface area contributed by atoms with E-state index in [9.17, 15) is 0 Å². The van der Waals surface area contributed by atoms with Gasteiger partial charge in [0, 0.05) is 26.0 Å². The summed E-state index contributed by atoms with van der Waals surface area (Å²) < 4.78 is 2.18. The van der Waals surface area contributed by atoms with Crippen molar-refractivity contribution >= 4 is 0 Å². The van der Waals surface area contributed by atoms with Gasteiger partial charge in [-0.15, -0.1) is 10.2 Å². The maximum atomic E-state index is 8.66. The van der Waals surface area contributed by atoms with E-state index < -0.39 is 0 Å². The van der Waals surface area contributed by atoms with Gasteiger partial charge < -0.3 is 9.67 Å². The predicted molar refractivity (Wildman–Crippen MR) is 43.7 cm³/mol. The Balaban J connectivity index is 2.11. The summed E-state index contributed by atoms with van der Waals surface area (Å²) in [6.45, 7) is 1.30. The Hall–Kier alpha value is -0.900. The average Bonchev–Trinajstić information content (AvgIpc) is 2.62. The maximum Gasteiger partial charge on any atom is 0.133 e. The average molecular weight is 167 g/mol. The van der Waals surface area contributed by atoms with Crippen LogP contribution in [0, 0.1) is 0 Å². The summed E-state index contributed by atoms with van der Waals surface area (Å²) in [5.41, 5.74) is 0. The van der Waals surface area contributed by atoms with E-state index in [0.29, 0.717) is 0 Å². The highest BCUT2D eigenvalue weighted by atomic mass is 16.2. The smallest absolute Gasteiger partial charge is 0.133 e. The molecule has 1 aromatic rings. The molecule has 0 saturated carbocycles. The summed E-state index contributed by atoms with van der Waals surface area (Å²) in [6.07, 6.45) is 3.89. The Labute approximate surface area is 71.2 Å². The van der Waals surface area contributed by atoms with E-state index in [-0.39, 0.29) is 6.61 Å². The molecule has 1 aromatic heterocycles. The molecule has 4 nitrogen and oxygen atoms in total. The number of aliphatic hydroxyl groups is 1. The number of aliphatic hydroxyl groups excluding tert-OH is 1. The van der Waals surface area contributed by atoms with Gasteiger partial charge >= 0.3 is 0 Å². The van der Waals surface area contributed by atoms with Crippen molar-refractivity contribution in [2.24, 2.45) is 0 Å². The molecule has 0 bridgehead atoms. The summed E-state index contributed by atoms with van der Waals surface area (Å²) in [7, 11) is 0. The number of fused-ring (bicyclic) bond motifs is 1. The monoisotopic (exact) mass is 167 g/mol. The molecule has 1 aliphatic heterocycles. The van der Waals surface area contributed by atoms with E-state index in [1.54, 1.807) is 0 Å². The first-order chi connectivity index (χ1) is 5.92. The number of aromatic nitrogens is 3. The second-order valence-electron chi connectivity index (χ2n) is 3.11. The summed E-state index contributed by atoms with van der Waals surface area (Å²) in [6, 6.07) is 0. The normalized spacial score (nSPS) is 15.1. The third kappa shape index (κ3) is 1.22. The molecular weight excluding hydrogens is 154 g/mol. The minimum Gasteiger partial charge on any atom is -0.396 e. The summed E-state index contributed by atoms with van der Waals surface area (Å²) in [5, 5.41) is 16.8. The van der Waals surface area contributed by atoms with Gasteiger partial charge in [-0.25, -0.2) is 0 Å². The molecule has 0 atom stereocenters. The minimum atomic E-state index is 0.238. The third-order valence-corrected chi connectivity index (χ3v) is 2.24. The second-order valence-corrected chi connectivity index (χ2v) is 3.11. The summed E-state index contributed by atoms with van der Waals surface area (Å²) >= 11 is 0. The van der Waals surface area contributed by atoms with Crippen molar-refractivity contribution in [1.29, 1.82) is 0 Å². The van der Waals surface area contributed by atoms with Gasteiger partial charge in [0.15, 0.2) is 0 Å². The fourth-order valence-corrected chi connectivity index (χ4v) is 1.63. The van der Waals surface area contributed by atoms with Crippen LogP contribution in [0.15, 0.2) is 0 Å². The van der Waals surface area contributed by atoms with Gasteiger partial charge in [0.1, 0.15) is 11.6 Å². The van der Waals surface area contributed by atoms with E-state index >= 15 is 0 Å². The lowest BCUT2D eigenvalue weighted by atomic mass is 10.3. The van der Waals surface area contributed by atoms with Crippen molar-refractivity contribution in [2.75, 3.05) is 6.61 Å². The number of hydrogen-bond acceptors (Lipinski definition) is 3. The first-order valence-corrected chi connectivity index (χ1v) is 4.43. The van der Waals surface area contributed by atoms with E-state index in [4.69, 9.17) is 5.11 Å². The van der Waals surface area contributed by atoms with Crippen LogP contribution in [-0.4, -0.2) is 26.5 Å². The van der Waals surface area contributed by atoms with Gasteiger partial charge in [0.05, 0.1) is 0 Å². The highest BCUT2D eigenvalue weighted by Gasteiger charge is 2.16. The van der Waals surface area contributed by atoms with Crippen molar-refractivity contribution in [3.63, 3.8) is 0 Å². The zero-order chi connectivity index (χ0) is 8.39. The lowest BCUT2D eigenvalue weighted by Gasteiger charge is -1.99. The fourth-order valence-electron chi connectivity index (χ4n) is 1.63. The topological polar surface area (TPSA) is 50.9 Å². The molecule has 2 rings (SSSR count). The molecule has 1 aliphatic rings. The zero-order valence-corrected chi connectivity index (χ0v) is 7.03. The number of rotatable bonds is 3. The first kappa shape index (κ1) is 7.73. The highest BCUT2D eigenvalue weighted by Crippen LogP contribution is 2.14. The van der Waals surface area contributed by atoms with Crippen molar-refractivity contribution in [3.05, 3.63) is 11.6 Å². The molecule has 12 heavy (non-hydrogen) atoms. The SMILES string of the molecule is OCCCc1nnc2n1CCC2. The predicted octanol–water partition coefficient (Wildman–Crippen LogP) is 0.149. The van der Waals surface area contributed by atoms with Gasteiger partial charge in [-0.2, -0.15) is 0 Å². The maximum absolute atomic E-state index is 8.66. The lowest BCUT2D eigenvalue weighted by molar-refractivity contribution is 0.287. The fraction of sp³-hybridized carbons (Fsp3) is 0.750. The molecule has 4 heteroatoms. The molecule has 0 spiro atoms. The van der Waals surface area contributed by atoms with Gasteiger partial charge in [-0.3, -0.25) is 0 Å². The summed E-state index contributed by atoms with van der Waals surface area (Å²) in [5.74, 6) is 2.15. The Kier molecular flexibility index (Phi) is 2.08. The number of nitrogens with zero attached hydrogens (tertiary/aromatic N) is 3. The van der Waals surface area contributed by atoms with Crippen LogP contribution < -0.4 is 0 Å². The molecule has 0 radical (unpaired) electrons. The highest BCUT2D eigenvalue weighted by molar-refractivity contribution is 5.00. The standard InChI is InChI=1S/C8H13N3O/c12-6-2-4-8-10-9-7-3-1-5-11(7)8/h12H,1-6H2. The molecular formula is C8H13N3O. The Morgan fingerprint density at radius 1 is 1.42 bits per heavy atom. The Bertz CT molecular complexity index is 269. The Morgan fingerprint density at radius 3 is 3.17 bits per heavy atom.